The van der Waals surface area contributed by atoms with Gasteiger partial charge in [0, 0.05) is 71.4 Å². The van der Waals surface area contributed by atoms with Crippen LogP contribution in [0.2, 0.25) is 5.02 Å². The number of pyridine rings is 1. The number of halogens is 4. The molecular weight excluding hydrogens is 725 g/mol. The van der Waals surface area contributed by atoms with Crippen molar-refractivity contribution in [1.82, 2.24) is 34.1 Å². The molecule has 1 saturated heterocycles. The van der Waals surface area contributed by atoms with Crippen LogP contribution < -0.4 is 9.44 Å². The van der Waals surface area contributed by atoms with Gasteiger partial charge in [0.2, 0.25) is 0 Å². The predicted molar refractivity (Wildman–Crippen MR) is 185 cm³/mol. The number of fused-ring (bicyclic) bond motifs is 3. The van der Waals surface area contributed by atoms with Gasteiger partial charge in [0.25, 0.3) is 10.2 Å². The average molecular weight is 759 g/mol. The summed E-state index contributed by atoms with van der Waals surface area (Å²) in [7, 11) is -4.00. The molecule has 5 heterocycles. The number of nitrogens with zero attached hydrogens (tertiary/aromatic N) is 6. The van der Waals surface area contributed by atoms with Crippen molar-refractivity contribution in [3.8, 4) is 0 Å². The van der Waals surface area contributed by atoms with Gasteiger partial charge in [0.05, 0.1) is 11.4 Å². The van der Waals surface area contributed by atoms with Crippen molar-refractivity contribution in [2.24, 2.45) is 22.7 Å². The zero-order chi connectivity index (χ0) is 35.5. The molecule has 0 amide bonds. The highest BCUT2D eigenvalue weighted by Gasteiger charge is 2.50. The van der Waals surface area contributed by atoms with Gasteiger partial charge in [0.1, 0.15) is 17.5 Å². The van der Waals surface area contributed by atoms with Gasteiger partial charge in [-0.3, -0.25) is 9.98 Å². The average Bonchev–Trinajstić information content (AvgIpc) is 3.91. The van der Waals surface area contributed by atoms with E-state index >= 15 is 0 Å². The summed E-state index contributed by atoms with van der Waals surface area (Å²) >= 11 is 7.89. The summed E-state index contributed by atoms with van der Waals surface area (Å²) < 4.78 is 74.9. The number of alkyl halides is 2. The Morgan fingerprint density at radius 3 is 2.57 bits per heavy atom. The fraction of sp³-hybridized carbons (Fsp3) is 0.412. The summed E-state index contributed by atoms with van der Waals surface area (Å²) in [5.41, 5.74) is 1.34. The van der Waals surface area contributed by atoms with Crippen LogP contribution in [0.1, 0.15) is 66.7 Å². The Labute approximate surface area is 301 Å². The first-order chi connectivity index (χ1) is 24.5. The second kappa shape index (κ2) is 13.4. The van der Waals surface area contributed by atoms with Gasteiger partial charge in [-0.25, -0.2) is 18.8 Å². The molecule has 2 aliphatic carbocycles. The Bertz CT molecular complexity index is 2080. The molecule has 8 rings (SSSR count). The zero-order valence-corrected chi connectivity index (χ0v) is 29.4. The Morgan fingerprint density at radius 1 is 1.10 bits per heavy atom. The third kappa shape index (κ3) is 6.61. The number of thiazole rings is 1. The van der Waals surface area contributed by atoms with Crippen molar-refractivity contribution in [3.05, 3.63) is 105 Å². The molecule has 4 atom stereocenters. The first-order valence-electron chi connectivity index (χ1n) is 16.7. The van der Waals surface area contributed by atoms with Gasteiger partial charge in [-0.1, -0.05) is 23.7 Å². The van der Waals surface area contributed by atoms with Crippen molar-refractivity contribution >= 4 is 44.6 Å². The molecule has 3 fully saturated rings. The van der Waals surface area contributed by atoms with E-state index < -0.39 is 40.3 Å². The quantitative estimate of drug-likeness (QED) is 0.190. The molecule has 3 unspecified atom stereocenters. The van der Waals surface area contributed by atoms with Gasteiger partial charge in [-0.05, 0) is 73.8 Å². The van der Waals surface area contributed by atoms with Crippen molar-refractivity contribution < 1.29 is 26.7 Å². The topological polar surface area (TPSA) is 138 Å². The largest absolute Gasteiger partial charge is 0.384 e. The maximum absolute atomic E-state index is 14.2. The van der Waals surface area contributed by atoms with Crippen molar-refractivity contribution in [1.29, 1.82) is 0 Å². The monoisotopic (exact) mass is 758 g/mol. The van der Waals surface area contributed by atoms with Crippen molar-refractivity contribution in [3.63, 3.8) is 0 Å². The van der Waals surface area contributed by atoms with Gasteiger partial charge < -0.3 is 10.0 Å². The molecule has 4 aromatic rings. The molecule has 3 aromatic heterocycles. The number of aromatic nitrogens is 4. The van der Waals surface area contributed by atoms with Crippen LogP contribution in [0.3, 0.4) is 0 Å². The molecule has 11 nitrogen and oxygen atoms in total. The van der Waals surface area contributed by atoms with Crippen LogP contribution in [0.4, 0.5) is 13.2 Å². The van der Waals surface area contributed by atoms with E-state index in [9.17, 15) is 26.7 Å². The van der Waals surface area contributed by atoms with Gasteiger partial charge in [-0.15, -0.1) is 11.3 Å². The third-order valence-electron chi connectivity index (χ3n) is 10.5. The van der Waals surface area contributed by atoms with Crippen LogP contribution in [-0.2, 0) is 15.8 Å². The molecular formula is C34H34ClF3N8O3S2. The number of amidine groups is 1. The normalized spacial score (nSPS) is 27.7. The fourth-order valence-electron chi connectivity index (χ4n) is 8.38. The zero-order valence-electron chi connectivity index (χ0n) is 27.0. The van der Waals surface area contributed by atoms with E-state index in [1.165, 1.54) is 29.5 Å². The molecule has 3 N–H and O–H groups in total. The van der Waals surface area contributed by atoms with E-state index in [-0.39, 0.29) is 48.0 Å². The van der Waals surface area contributed by atoms with E-state index in [0.717, 1.165) is 25.1 Å². The fourth-order valence-corrected chi connectivity index (χ4v) is 10.4. The maximum Gasteiger partial charge on any atom is 0.333 e. The second-order valence-corrected chi connectivity index (χ2v) is 16.4. The summed E-state index contributed by atoms with van der Waals surface area (Å²) in [5, 5.41) is 18.1. The van der Waals surface area contributed by atoms with Crippen LogP contribution in [-0.4, -0.2) is 63.1 Å². The first-order valence-corrected chi connectivity index (χ1v) is 19.4. The second-order valence-electron chi connectivity index (χ2n) is 13.6. The van der Waals surface area contributed by atoms with Crippen molar-refractivity contribution in [2.75, 3.05) is 13.1 Å². The van der Waals surface area contributed by atoms with Crippen LogP contribution in [0.25, 0.3) is 5.57 Å². The predicted octanol–water partition coefficient (Wildman–Crippen LogP) is 5.66. The molecule has 2 bridgehead atoms. The molecule has 268 valence electrons. The summed E-state index contributed by atoms with van der Waals surface area (Å²) in [4.78, 5) is 15.7. The van der Waals surface area contributed by atoms with E-state index in [1.807, 2.05) is 23.1 Å². The van der Waals surface area contributed by atoms with Crippen LogP contribution in [0, 0.1) is 23.6 Å². The Kier molecular flexibility index (Phi) is 9.03. The Hall–Kier alpha value is -3.67. The van der Waals surface area contributed by atoms with Gasteiger partial charge in [-0.2, -0.15) is 27.0 Å². The minimum atomic E-state index is -4.00. The van der Waals surface area contributed by atoms with E-state index in [1.54, 1.807) is 17.8 Å². The number of hydrogen-bond donors (Lipinski definition) is 3. The van der Waals surface area contributed by atoms with Crippen LogP contribution >= 0.6 is 22.9 Å². The molecule has 4 aliphatic rings. The SMILES string of the molecule is O=S(=O)(NCC1C2CCC1CC(O)(c1ccccn1)C2)NC1CC2=C(c3ccn(C(F)F)n3)[C@H](c3ccc(F)cc3Cl)N=C(c3nccs3)N2C1. The molecule has 2 saturated carbocycles. The lowest BCUT2D eigenvalue weighted by Gasteiger charge is -2.41. The highest BCUT2D eigenvalue weighted by molar-refractivity contribution is 7.87. The third-order valence-corrected chi connectivity index (χ3v) is 12.8. The smallest absolute Gasteiger partial charge is 0.333 e. The van der Waals surface area contributed by atoms with E-state index in [2.05, 4.69) is 24.5 Å². The lowest BCUT2D eigenvalue weighted by molar-refractivity contribution is -0.0488. The first kappa shape index (κ1) is 34.4. The minimum Gasteiger partial charge on any atom is -0.384 e. The molecule has 1 aromatic carbocycles. The number of rotatable bonds is 10. The lowest BCUT2D eigenvalue weighted by Crippen LogP contribution is -2.48. The maximum atomic E-state index is 14.2. The highest BCUT2D eigenvalue weighted by atomic mass is 35.5. The van der Waals surface area contributed by atoms with Gasteiger partial charge >= 0.3 is 6.55 Å². The summed E-state index contributed by atoms with van der Waals surface area (Å²) in [6.07, 6.45) is 7.51. The number of aliphatic imine (C=N–C) groups is 1. The molecule has 2 aliphatic heterocycles. The summed E-state index contributed by atoms with van der Waals surface area (Å²) in [5.74, 6) is 0.272. The number of benzene rings is 1. The minimum absolute atomic E-state index is 0.0737. The molecule has 0 spiro atoms. The number of hydrogen-bond acceptors (Lipinski definition) is 9. The van der Waals surface area contributed by atoms with Crippen LogP contribution in [0.5, 0.6) is 0 Å². The van der Waals surface area contributed by atoms with Gasteiger partial charge in [0.15, 0.2) is 10.8 Å². The van der Waals surface area contributed by atoms with E-state index in [0.29, 0.717) is 50.9 Å². The summed E-state index contributed by atoms with van der Waals surface area (Å²) in [6.45, 7) is -2.47. The molecule has 17 heteroatoms. The van der Waals surface area contributed by atoms with E-state index in [4.69, 9.17) is 16.6 Å². The molecule has 51 heavy (non-hydrogen) atoms. The van der Waals surface area contributed by atoms with Crippen LogP contribution in [0.15, 0.2) is 77.1 Å². The summed E-state index contributed by atoms with van der Waals surface area (Å²) in [6, 6.07) is 9.39. The standard InChI is InChI=1S/C34H34ClF3N8O3S2/c35-25-13-21(36)6-7-23(25)30-29(26-8-11-46(43-26)33(37)38)27-14-22(18-45(27)31(42-30)32-40-10-12-50-32)44-51(48,49)41-17-24-19-4-5-20(24)16-34(47,15-19)28-3-1-2-9-39-28/h1-3,6-13,19-20,22,24,30,33,41,44,47H,4-5,14-18H2/t19?,20?,22?,24?,30-,34?/m0/s1. The lowest BCUT2D eigenvalue weighted by atomic mass is 9.69. The Balaban J connectivity index is 1.06. The molecule has 0 radical (unpaired) electrons. The number of aliphatic hydroxyl groups is 1. The number of nitrogens with one attached hydrogen (secondary N) is 2. The van der Waals surface area contributed by atoms with Crippen molar-refractivity contribution in [2.45, 2.75) is 56.3 Å². The Morgan fingerprint density at radius 2 is 1.90 bits per heavy atom. The highest BCUT2D eigenvalue weighted by Crippen LogP contribution is 2.53.